The van der Waals surface area contributed by atoms with Crippen molar-refractivity contribution in [2.24, 2.45) is 5.92 Å². The van der Waals surface area contributed by atoms with Crippen molar-refractivity contribution in [3.05, 3.63) is 242 Å². The number of allylic oxidation sites excluding steroid dienone is 19. The van der Waals surface area contributed by atoms with Gasteiger partial charge in [0.2, 0.25) is 0 Å². The fraction of sp³-hybridized carbons (Fsp3) is 0.194. The lowest BCUT2D eigenvalue weighted by Gasteiger charge is -2.27. The largest absolute Gasteiger partial charge is 0.486 e. The topological polar surface area (TPSA) is 25.6 Å². The molecule has 2 aromatic heterocycles. The summed E-state index contributed by atoms with van der Waals surface area (Å²) in [7, 11) is 0. The Bertz CT molecular complexity index is 3570. The zero-order valence-electron chi connectivity index (χ0n) is 42.7. The fourth-order valence-electron chi connectivity index (χ4n) is 10.9. The third-order valence-electron chi connectivity index (χ3n) is 14.4. The van der Waals surface area contributed by atoms with E-state index in [1.807, 2.05) is 19.1 Å². The Morgan fingerprint density at radius 1 is 0.722 bits per heavy atom. The van der Waals surface area contributed by atoms with E-state index in [4.69, 9.17) is 4.74 Å². The monoisotopic (exact) mass is 943 g/mol. The highest BCUT2D eigenvalue weighted by Gasteiger charge is 2.24. The summed E-state index contributed by atoms with van der Waals surface area (Å²) in [6.45, 7) is 18.0. The van der Waals surface area contributed by atoms with Crippen molar-refractivity contribution in [2.75, 3.05) is 16.3 Å². The molecule has 3 atom stereocenters. The van der Waals surface area contributed by atoms with E-state index in [0.717, 1.165) is 59.9 Å². The van der Waals surface area contributed by atoms with Crippen LogP contribution in [0.3, 0.4) is 0 Å². The molecule has 0 radical (unpaired) electrons. The van der Waals surface area contributed by atoms with E-state index in [1.54, 1.807) is 0 Å². The van der Waals surface area contributed by atoms with Gasteiger partial charge in [0.05, 0.1) is 22.1 Å². The summed E-state index contributed by atoms with van der Waals surface area (Å²) in [5.41, 5.74) is 15.4. The van der Waals surface area contributed by atoms with Crippen molar-refractivity contribution >= 4 is 72.1 Å². The van der Waals surface area contributed by atoms with Gasteiger partial charge in [-0.15, -0.1) is 0 Å². The zero-order chi connectivity index (χ0) is 49.7. The standard InChI is InChI=1S/C67H66N4O/c1-8-25-50(7)72-67-34-21-18-29-51(67)36-35-49(6)70-63-39-37-54(69-41-23-14-15-27-48(5)56-32-19-20-33-62(56)69)43-57(63)59-46-66-60(45-65(59)70)58-44-53(38-40-64(58)71(66)52-30-16-12-11-13-17-31-52)68-42-24-22-28-47(4)55(10-3)61(68)26-9-2/h8-16,18-29,31-35,37-40,42-48,50H,3,17,30,36,41H2,1-2,4-7H3/b13-11?,16-12-,23-14-,25-8-,26-9-,27-15-,28-22-,42-24-,49-35+,52-31+,61-55-/t47-,48-,50?/m0/s1. The smallest absolute Gasteiger partial charge is 0.123 e. The minimum atomic E-state index is -0.0292. The molecule has 1 unspecified atom stereocenters. The first-order valence-electron chi connectivity index (χ1n) is 25.7. The van der Waals surface area contributed by atoms with Crippen LogP contribution >= 0.6 is 0 Å². The Morgan fingerprint density at radius 3 is 2.29 bits per heavy atom. The normalized spacial score (nSPS) is 22.1. The molecule has 1 aliphatic carbocycles. The summed E-state index contributed by atoms with van der Waals surface area (Å²) in [6.07, 6.45) is 44.2. The van der Waals surface area contributed by atoms with Gasteiger partial charge in [0.15, 0.2) is 0 Å². The van der Waals surface area contributed by atoms with Crippen LogP contribution in [0.1, 0.15) is 71.4 Å². The minimum absolute atomic E-state index is 0.0292. The number of benzene rings is 5. The van der Waals surface area contributed by atoms with Gasteiger partial charge in [0.1, 0.15) is 11.9 Å². The average Bonchev–Trinajstić information content (AvgIpc) is 3.89. The van der Waals surface area contributed by atoms with Crippen molar-refractivity contribution < 1.29 is 4.74 Å². The van der Waals surface area contributed by atoms with Crippen LogP contribution in [0, 0.1) is 5.92 Å². The third kappa shape index (κ3) is 9.23. The second-order valence-electron chi connectivity index (χ2n) is 19.2. The van der Waals surface area contributed by atoms with Crippen LogP contribution in [0.2, 0.25) is 0 Å². The van der Waals surface area contributed by atoms with Gasteiger partial charge in [-0.25, -0.2) is 0 Å². The summed E-state index contributed by atoms with van der Waals surface area (Å²) in [4.78, 5) is 4.80. The highest BCUT2D eigenvalue weighted by Crippen LogP contribution is 2.44. The lowest BCUT2D eigenvalue weighted by atomic mass is 9.96. The van der Waals surface area contributed by atoms with Gasteiger partial charge in [-0.1, -0.05) is 148 Å². The van der Waals surface area contributed by atoms with Gasteiger partial charge < -0.3 is 23.7 Å². The Hall–Kier alpha value is -8.02. The van der Waals surface area contributed by atoms with Crippen LogP contribution in [0.15, 0.2) is 230 Å². The first-order chi connectivity index (χ1) is 35.3. The first-order valence-corrected chi connectivity index (χ1v) is 25.7. The molecule has 0 amide bonds. The molecule has 72 heavy (non-hydrogen) atoms. The van der Waals surface area contributed by atoms with Gasteiger partial charge in [-0.05, 0) is 136 Å². The van der Waals surface area contributed by atoms with Crippen molar-refractivity contribution in [2.45, 2.75) is 72.8 Å². The predicted octanol–water partition coefficient (Wildman–Crippen LogP) is 18.0. The van der Waals surface area contributed by atoms with Crippen molar-refractivity contribution in [3.8, 4) is 5.75 Å². The molecular weight excluding hydrogens is 877 g/mol. The summed E-state index contributed by atoms with van der Waals surface area (Å²) >= 11 is 0. The quantitative estimate of drug-likeness (QED) is 0.121. The van der Waals surface area contributed by atoms with Crippen molar-refractivity contribution in [3.63, 3.8) is 0 Å². The number of rotatable bonds is 11. The first kappa shape index (κ1) is 47.6. The van der Waals surface area contributed by atoms with Gasteiger partial charge in [-0.3, -0.25) is 0 Å². The molecule has 360 valence electrons. The summed E-state index contributed by atoms with van der Waals surface area (Å²) < 4.78 is 11.5. The molecular formula is C67H66N4O. The maximum atomic E-state index is 6.46. The number of aromatic nitrogens is 2. The van der Waals surface area contributed by atoms with Gasteiger partial charge in [0.25, 0.3) is 0 Å². The van der Waals surface area contributed by atoms with E-state index in [0.29, 0.717) is 0 Å². The molecule has 7 aromatic rings. The Balaban J connectivity index is 1.24. The van der Waals surface area contributed by atoms with Gasteiger partial charge in [0, 0.05) is 86.7 Å². The molecule has 0 bridgehead atoms. The van der Waals surface area contributed by atoms with E-state index in [2.05, 4.69) is 261 Å². The van der Waals surface area contributed by atoms with E-state index in [9.17, 15) is 0 Å². The number of para-hydroxylation sites is 2. The second-order valence-corrected chi connectivity index (χ2v) is 19.2. The van der Waals surface area contributed by atoms with Crippen LogP contribution in [-0.2, 0) is 6.42 Å². The molecule has 10 rings (SSSR count). The molecule has 0 spiro atoms. The molecule has 2 aliphatic heterocycles. The maximum Gasteiger partial charge on any atom is 0.123 e. The van der Waals surface area contributed by atoms with Gasteiger partial charge in [-0.2, -0.15) is 0 Å². The molecule has 0 N–H and O–H groups in total. The minimum Gasteiger partial charge on any atom is -0.486 e. The molecule has 5 aromatic carbocycles. The number of fused-ring (bicyclic) bond motifs is 7. The lowest BCUT2D eigenvalue weighted by Crippen LogP contribution is -2.18. The fourth-order valence-corrected chi connectivity index (χ4v) is 10.9. The average molecular weight is 943 g/mol. The van der Waals surface area contributed by atoms with E-state index in [-0.39, 0.29) is 17.9 Å². The summed E-state index contributed by atoms with van der Waals surface area (Å²) in [5, 5.41) is 4.84. The van der Waals surface area contributed by atoms with Crippen LogP contribution in [-0.4, -0.2) is 21.8 Å². The van der Waals surface area contributed by atoms with Crippen LogP contribution in [0.25, 0.3) is 55.0 Å². The third-order valence-corrected chi connectivity index (χ3v) is 14.4. The predicted molar refractivity (Wildman–Crippen MR) is 311 cm³/mol. The lowest BCUT2D eigenvalue weighted by molar-refractivity contribution is 0.267. The Morgan fingerprint density at radius 2 is 1.43 bits per heavy atom. The zero-order valence-corrected chi connectivity index (χ0v) is 42.7. The van der Waals surface area contributed by atoms with Crippen LogP contribution in [0.5, 0.6) is 5.75 Å². The highest BCUT2D eigenvalue weighted by atomic mass is 16.5. The molecule has 5 heteroatoms. The van der Waals surface area contributed by atoms with Crippen LogP contribution in [0.4, 0.5) is 17.1 Å². The van der Waals surface area contributed by atoms with Crippen LogP contribution < -0.4 is 14.5 Å². The van der Waals surface area contributed by atoms with Crippen molar-refractivity contribution in [1.82, 2.24) is 9.13 Å². The number of ether oxygens (including phenoxy) is 1. The summed E-state index contributed by atoms with van der Waals surface area (Å²) in [5.74, 6) is 1.38. The number of nitrogens with zero attached hydrogens (tertiary/aromatic N) is 4. The molecule has 3 aliphatic rings. The van der Waals surface area contributed by atoms with Gasteiger partial charge >= 0.3 is 0 Å². The van der Waals surface area contributed by atoms with E-state index in [1.165, 1.54) is 66.1 Å². The second kappa shape index (κ2) is 21.1. The molecule has 4 heterocycles. The molecule has 0 fully saturated rings. The Kier molecular flexibility index (Phi) is 14.0. The number of anilines is 3. The molecule has 0 saturated heterocycles. The SMILES string of the molecule is C=C/C1=C(\C=C/C)N(c2ccc3c(c2)c2cc4c(cc2n3/C2=C/CC=C/C=C\C2)c2cc(N3C/C=C\C=C/[C@H](C)c5ccccc53)ccc2n4/C(C)=C/Cc2ccccc2OC(C)/C=C\C)/C=C\C=C/[C@@H]1C. The Labute approximate surface area is 426 Å². The van der Waals surface area contributed by atoms with E-state index >= 15 is 0 Å². The summed E-state index contributed by atoms with van der Waals surface area (Å²) in [6, 6.07) is 36.4. The highest BCUT2D eigenvalue weighted by molar-refractivity contribution is 6.20. The van der Waals surface area contributed by atoms with Crippen molar-refractivity contribution in [1.29, 1.82) is 0 Å². The molecule has 0 saturated carbocycles. The number of hydrogen-bond donors (Lipinski definition) is 0. The maximum absolute atomic E-state index is 6.46. The number of hydrogen-bond acceptors (Lipinski definition) is 3. The van der Waals surface area contributed by atoms with E-state index < -0.39 is 0 Å². The molecule has 5 nitrogen and oxygen atoms in total.